The molecule has 1 aromatic rings. The van der Waals surface area contributed by atoms with Crippen LogP contribution in [-0.4, -0.2) is 38.0 Å². The maximum absolute atomic E-state index is 11.0. The molecule has 0 aromatic carbocycles. The van der Waals surface area contributed by atoms with Crippen molar-refractivity contribution in [1.29, 1.82) is 0 Å². The summed E-state index contributed by atoms with van der Waals surface area (Å²) in [6, 6.07) is 0. The summed E-state index contributed by atoms with van der Waals surface area (Å²) in [5.74, 6) is 0. The van der Waals surface area contributed by atoms with E-state index in [9.17, 15) is 9.59 Å². The molecule has 2 N–H and O–H groups in total. The van der Waals surface area contributed by atoms with Crippen molar-refractivity contribution >= 4 is 24.0 Å². The number of carbonyl (C=O) groups excluding carboxylic acids is 1. The maximum Gasteiger partial charge on any atom is 0.422 e. The predicted octanol–water partition coefficient (Wildman–Crippen LogP) is 1.09. The zero-order valence-electron chi connectivity index (χ0n) is 9.92. The third-order valence-corrected chi connectivity index (χ3v) is 2.34. The normalized spacial score (nSPS) is 11.1. The molecule has 1 rings (SSSR count). The molecule has 0 saturated heterocycles. The molecular weight excluding hydrogens is 260 g/mol. The summed E-state index contributed by atoms with van der Waals surface area (Å²) in [4.78, 5) is 29.6. The highest BCUT2D eigenvalue weighted by Gasteiger charge is 2.30. The minimum absolute atomic E-state index is 0.119. The molecular formula is C10H13ClN4O3. The average molecular weight is 273 g/mol. The maximum atomic E-state index is 11.0. The SMILES string of the molecule is CC(C)(C=O)N(NCc1cnc(Cl)cn1)C(=O)O. The van der Waals surface area contributed by atoms with Crippen molar-refractivity contribution in [2.45, 2.75) is 25.9 Å². The molecule has 7 nitrogen and oxygen atoms in total. The van der Waals surface area contributed by atoms with Gasteiger partial charge in [0.2, 0.25) is 0 Å². The van der Waals surface area contributed by atoms with Gasteiger partial charge in [0.25, 0.3) is 0 Å². The number of carboxylic acid groups (broad SMARTS) is 1. The Labute approximate surface area is 109 Å². The molecule has 0 aliphatic rings. The minimum atomic E-state index is -1.26. The van der Waals surface area contributed by atoms with Crippen LogP contribution in [-0.2, 0) is 11.3 Å². The van der Waals surface area contributed by atoms with Gasteiger partial charge in [0.15, 0.2) is 0 Å². The Balaban J connectivity index is 2.72. The summed E-state index contributed by atoms with van der Waals surface area (Å²) in [5.41, 5.74) is 1.93. The Bertz CT molecular complexity index is 435. The summed E-state index contributed by atoms with van der Waals surface area (Å²) in [6.45, 7) is 3.08. The topological polar surface area (TPSA) is 95.4 Å². The fraction of sp³-hybridized carbons (Fsp3) is 0.400. The number of hydrogen-bond acceptors (Lipinski definition) is 5. The Hall–Kier alpha value is -1.73. The lowest BCUT2D eigenvalue weighted by Crippen LogP contribution is -2.55. The first-order valence-electron chi connectivity index (χ1n) is 5.06. The fourth-order valence-corrected chi connectivity index (χ4v) is 1.26. The summed E-state index contributed by atoms with van der Waals surface area (Å²) < 4.78 is 0. The second kappa shape index (κ2) is 5.74. The van der Waals surface area contributed by atoms with Gasteiger partial charge in [-0.05, 0) is 13.8 Å². The Morgan fingerprint density at radius 3 is 2.67 bits per heavy atom. The number of nitrogens with one attached hydrogen (secondary N) is 1. The fourth-order valence-electron chi connectivity index (χ4n) is 1.16. The van der Waals surface area contributed by atoms with Crippen LogP contribution in [0.5, 0.6) is 0 Å². The largest absolute Gasteiger partial charge is 0.464 e. The lowest BCUT2D eigenvalue weighted by molar-refractivity contribution is -0.117. The molecule has 0 atom stereocenters. The lowest BCUT2D eigenvalue weighted by atomic mass is 10.1. The van der Waals surface area contributed by atoms with Gasteiger partial charge in [-0.25, -0.2) is 20.2 Å². The molecule has 0 aliphatic carbocycles. The number of aromatic nitrogens is 2. The highest BCUT2D eigenvalue weighted by molar-refractivity contribution is 6.29. The van der Waals surface area contributed by atoms with Crippen LogP contribution in [0.1, 0.15) is 19.5 Å². The first-order chi connectivity index (χ1) is 8.36. The number of nitrogens with zero attached hydrogens (tertiary/aromatic N) is 3. The van der Waals surface area contributed by atoms with Crippen molar-refractivity contribution in [2.24, 2.45) is 0 Å². The number of hydrogen-bond donors (Lipinski definition) is 2. The van der Waals surface area contributed by atoms with Crippen LogP contribution in [0.3, 0.4) is 0 Å². The van der Waals surface area contributed by atoms with Crippen molar-refractivity contribution in [1.82, 2.24) is 20.4 Å². The number of carbonyl (C=O) groups is 2. The van der Waals surface area contributed by atoms with Crippen LogP contribution in [0, 0.1) is 0 Å². The Morgan fingerprint density at radius 2 is 2.22 bits per heavy atom. The van der Waals surface area contributed by atoms with Crippen molar-refractivity contribution in [3.8, 4) is 0 Å². The van der Waals surface area contributed by atoms with E-state index in [0.29, 0.717) is 12.0 Å². The van der Waals surface area contributed by atoms with Crippen LogP contribution in [0.4, 0.5) is 4.79 Å². The van der Waals surface area contributed by atoms with E-state index in [-0.39, 0.29) is 11.7 Å². The molecule has 0 bridgehead atoms. The number of amides is 1. The summed E-state index contributed by atoms with van der Waals surface area (Å²) in [6.07, 6.45) is 2.06. The molecule has 0 aliphatic heterocycles. The Morgan fingerprint density at radius 1 is 1.56 bits per heavy atom. The third kappa shape index (κ3) is 3.64. The molecule has 1 heterocycles. The van der Waals surface area contributed by atoms with Gasteiger partial charge in [0.1, 0.15) is 17.0 Å². The van der Waals surface area contributed by atoms with Crippen molar-refractivity contribution < 1.29 is 14.7 Å². The van der Waals surface area contributed by atoms with E-state index in [4.69, 9.17) is 16.7 Å². The highest BCUT2D eigenvalue weighted by atomic mass is 35.5. The first-order valence-corrected chi connectivity index (χ1v) is 5.44. The van der Waals surface area contributed by atoms with Gasteiger partial charge in [-0.15, -0.1) is 0 Å². The van der Waals surface area contributed by atoms with E-state index in [1.54, 1.807) is 0 Å². The second-order valence-corrected chi connectivity index (χ2v) is 4.44. The molecule has 8 heteroatoms. The van der Waals surface area contributed by atoms with Crippen LogP contribution in [0.15, 0.2) is 12.4 Å². The summed E-state index contributed by atoms with van der Waals surface area (Å²) >= 11 is 5.57. The van der Waals surface area contributed by atoms with Gasteiger partial charge in [0.05, 0.1) is 24.6 Å². The van der Waals surface area contributed by atoms with E-state index in [1.807, 2.05) is 0 Å². The lowest BCUT2D eigenvalue weighted by Gasteiger charge is -2.31. The standard InChI is InChI=1S/C10H13ClN4O3/c1-10(2,6-16)15(9(17)18)14-4-7-3-13-8(11)5-12-7/h3,5-6,14H,4H2,1-2H3,(H,17,18). The number of hydrazine groups is 1. The van der Waals surface area contributed by atoms with Crippen molar-refractivity contribution in [3.05, 3.63) is 23.2 Å². The van der Waals surface area contributed by atoms with Crippen molar-refractivity contribution in [3.63, 3.8) is 0 Å². The third-order valence-electron chi connectivity index (χ3n) is 2.15. The Kier molecular flexibility index (Phi) is 4.57. The predicted molar refractivity (Wildman–Crippen MR) is 63.9 cm³/mol. The van der Waals surface area contributed by atoms with E-state index in [2.05, 4.69) is 15.4 Å². The molecule has 0 radical (unpaired) electrons. The highest BCUT2D eigenvalue weighted by Crippen LogP contribution is 2.09. The van der Waals surface area contributed by atoms with Gasteiger partial charge in [-0.1, -0.05) is 11.6 Å². The van der Waals surface area contributed by atoms with E-state index >= 15 is 0 Å². The van der Waals surface area contributed by atoms with Crippen LogP contribution >= 0.6 is 11.6 Å². The minimum Gasteiger partial charge on any atom is -0.464 e. The second-order valence-electron chi connectivity index (χ2n) is 4.05. The van der Waals surface area contributed by atoms with Crippen LogP contribution in [0.25, 0.3) is 0 Å². The summed E-state index contributed by atoms with van der Waals surface area (Å²) in [5, 5.41) is 10.1. The van der Waals surface area contributed by atoms with E-state index < -0.39 is 11.6 Å². The van der Waals surface area contributed by atoms with Gasteiger partial charge >= 0.3 is 6.09 Å². The molecule has 18 heavy (non-hydrogen) atoms. The smallest absolute Gasteiger partial charge is 0.422 e. The van der Waals surface area contributed by atoms with Crippen molar-refractivity contribution in [2.75, 3.05) is 0 Å². The molecule has 0 unspecified atom stereocenters. The van der Waals surface area contributed by atoms with Crippen LogP contribution in [0.2, 0.25) is 5.15 Å². The summed E-state index contributed by atoms with van der Waals surface area (Å²) in [7, 11) is 0. The van der Waals surface area contributed by atoms with Gasteiger partial charge in [-0.3, -0.25) is 4.98 Å². The zero-order valence-corrected chi connectivity index (χ0v) is 10.7. The molecule has 0 fully saturated rings. The van der Waals surface area contributed by atoms with Gasteiger partial charge < -0.3 is 9.90 Å². The molecule has 1 amide bonds. The first kappa shape index (κ1) is 14.3. The van der Waals surface area contributed by atoms with Crippen LogP contribution < -0.4 is 5.43 Å². The number of halogens is 1. The molecule has 0 saturated carbocycles. The number of aldehydes is 1. The zero-order chi connectivity index (χ0) is 13.8. The van der Waals surface area contributed by atoms with E-state index in [0.717, 1.165) is 5.01 Å². The van der Waals surface area contributed by atoms with E-state index in [1.165, 1.54) is 26.2 Å². The molecule has 0 spiro atoms. The van der Waals surface area contributed by atoms with Gasteiger partial charge in [0, 0.05) is 0 Å². The monoisotopic (exact) mass is 272 g/mol. The molecule has 98 valence electrons. The van der Waals surface area contributed by atoms with Gasteiger partial charge in [-0.2, -0.15) is 0 Å². The average Bonchev–Trinajstić information content (AvgIpc) is 2.31. The number of rotatable bonds is 5. The quantitative estimate of drug-likeness (QED) is 0.615. The molecule has 1 aromatic heterocycles.